The van der Waals surface area contributed by atoms with Crippen molar-refractivity contribution in [2.45, 2.75) is 12.7 Å². The number of hydrogen-bond acceptors (Lipinski definition) is 6. The first-order valence-corrected chi connectivity index (χ1v) is 10.7. The number of thiophene rings is 1. The molecule has 0 unspecified atom stereocenters. The van der Waals surface area contributed by atoms with E-state index < -0.39 is 23.3 Å². The van der Waals surface area contributed by atoms with E-state index in [0.717, 1.165) is 6.07 Å². The van der Waals surface area contributed by atoms with E-state index in [1.807, 2.05) is 0 Å². The van der Waals surface area contributed by atoms with Gasteiger partial charge in [-0.05, 0) is 41.3 Å². The number of carboxylic acids is 1. The number of benzene rings is 2. The Morgan fingerprint density at radius 2 is 2.03 bits per heavy atom. The molecule has 0 bridgehead atoms. The number of fused-ring (bicyclic) bond motifs is 1. The van der Waals surface area contributed by atoms with Gasteiger partial charge in [0.05, 0.1) is 23.3 Å². The second kappa shape index (κ2) is 8.87. The van der Waals surface area contributed by atoms with E-state index in [2.05, 4.69) is 15.3 Å². The fourth-order valence-electron chi connectivity index (χ4n) is 3.28. The maximum atomic E-state index is 13.8. The number of nitrogens with one attached hydrogen (secondary N) is 1. The second-order valence-electron chi connectivity index (χ2n) is 6.95. The van der Waals surface area contributed by atoms with Crippen molar-refractivity contribution in [3.8, 4) is 17.1 Å². The number of alkyl halides is 3. The van der Waals surface area contributed by atoms with Crippen LogP contribution in [0.4, 0.5) is 18.9 Å². The van der Waals surface area contributed by atoms with E-state index in [1.54, 1.807) is 29.6 Å². The molecule has 2 heterocycles. The number of aromatic nitrogens is 2. The first kappa shape index (κ1) is 22.8. The van der Waals surface area contributed by atoms with Gasteiger partial charge in [0, 0.05) is 29.4 Å². The van der Waals surface area contributed by atoms with Crippen LogP contribution in [0.25, 0.3) is 21.6 Å². The molecule has 0 atom stereocenters. The predicted octanol–water partition coefficient (Wildman–Crippen LogP) is 6.35. The number of ether oxygens (including phenoxy) is 1. The SMILES string of the molecule is COc1ccc(CNc2cc(-c3ncc4ccsc4n3)c(C(=O)O)c(C(F)(F)F)c2)cc1Cl. The second-order valence-corrected chi connectivity index (χ2v) is 8.25. The Balaban J connectivity index is 1.80. The molecule has 4 aromatic rings. The van der Waals surface area contributed by atoms with Crippen LogP contribution in [-0.2, 0) is 12.7 Å². The zero-order valence-electron chi connectivity index (χ0n) is 16.9. The molecular weight excluding hydrogens is 479 g/mol. The topological polar surface area (TPSA) is 84.3 Å². The van der Waals surface area contributed by atoms with Crippen molar-refractivity contribution in [1.82, 2.24) is 9.97 Å². The van der Waals surface area contributed by atoms with Crippen molar-refractivity contribution in [2.24, 2.45) is 0 Å². The number of carboxylic acid groups (broad SMARTS) is 1. The van der Waals surface area contributed by atoms with Gasteiger partial charge in [-0.2, -0.15) is 13.2 Å². The lowest BCUT2D eigenvalue weighted by atomic mass is 9.98. The van der Waals surface area contributed by atoms with E-state index >= 15 is 0 Å². The molecule has 33 heavy (non-hydrogen) atoms. The zero-order valence-corrected chi connectivity index (χ0v) is 18.5. The summed E-state index contributed by atoms with van der Waals surface area (Å²) in [4.78, 5) is 20.8. The number of rotatable bonds is 6. The molecular formula is C22H15ClF3N3O3S. The van der Waals surface area contributed by atoms with Crippen molar-refractivity contribution in [1.29, 1.82) is 0 Å². The van der Waals surface area contributed by atoms with Gasteiger partial charge in [-0.1, -0.05) is 17.7 Å². The van der Waals surface area contributed by atoms with Crippen molar-refractivity contribution in [2.75, 3.05) is 12.4 Å². The smallest absolute Gasteiger partial charge is 0.417 e. The molecule has 2 N–H and O–H groups in total. The highest BCUT2D eigenvalue weighted by molar-refractivity contribution is 7.16. The Hall–Kier alpha value is -3.37. The number of hydrogen-bond donors (Lipinski definition) is 2. The van der Waals surface area contributed by atoms with Gasteiger partial charge in [0.1, 0.15) is 10.6 Å². The molecule has 0 amide bonds. The lowest BCUT2D eigenvalue weighted by Crippen LogP contribution is -2.16. The minimum Gasteiger partial charge on any atom is -0.495 e. The van der Waals surface area contributed by atoms with Crippen LogP contribution in [0.1, 0.15) is 21.5 Å². The van der Waals surface area contributed by atoms with Gasteiger partial charge in [-0.15, -0.1) is 11.3 Å². The summed E-state index contributed by atoms with van der Waals surface area (Å²) in [6.45, 7) is 0.137. The maximum absolute atomic E-state index is 13.8. The minimum atomic E-state index is -4.91. The van der Waals surface area contributed by atoms with Crippen LogP contribution >= 0.6 is 22.9 Å². The van der Waals surface area contributed by atoms with Gasteiger partial charge in [0.25, 0.3) is 0 Å². The normalized spacial score (nSPS) is 11.5. The zero-order chi connectivity index (χ0) is 23.8. The van der Waals surface area contributed by atoms with E-state index in [9.17, 15) is 23.1 Å². The molecule has 4 rings (SSSR count). The predicted molar refractivity (Wildman–Crippen MR) is 120 cm³/mol. The van der Waals surface area contributed by atoms with Crippen LogP contribution in [0.2, 0.25) is 5.02 Å². The van der Waals surface area contributed by atoms with Crippen LogP contribution in [-0.4, -0.2) is 28.2 Å². The first-order valence-electron chi connectivity index (χ1n) is 9.43. The quantitative estimate of drug-likeness (QED) is 0.325. The highest BCUT2D eigenvalue weighted by atomic mass is 35.5. The molecule has 0 radical (unpaired) electrons. The monoisotopic (exact) mass is 493 g/mol. The number of methoxy groups -OCH3 is 1. The Kier molecular flexibility index (Phi) is 6.13. The molecule has 0 saturated heterocycles. The molecule has 6 nitrogen and oxygen atoms in total. The summed E-state index contributed by atoms with van der Waals surface area (Å²) in [5.74, 6) is -1.36. The summed E-state index contributed by atoms with van der Waals surface area (Å²) in [6, 6.07) is 8.81. The molecule has 2 aromatic carbocycles. The highest BCUT2D eigenvalue weighted by Crippen LogP contribution is 2.39. The van der Waals surface area contributed by atoms with E-state index in [1.165, 1.54) is 30.7 Å². The molecule has 0 aliphatic rings. The minimum absolute atomic E-state index is 0.0594. The Bertz CT molecular complexity index is 1360. The fraction of sp³-hybridized carbons (Fsp3) is 0.136. The van der Waals surface area contributed by atoms with Crippen LogP contribution < -0.4 is 10.1 Å². The first-order chi connectivity index (χ1) is 15.7. The highest BCUT2D eigenvalue weighted by Gasteiger charge is 2.38. The van der Waals surface area contributed by atoms with Gasteiger partial charge in [0.2, 0.25) is 0 Å². The van der Waals surface area contributed by atoms with Crippen LogP contribution in [0.15, 0.2) is 48.0 Å². The number of halogens is 4. The Labute approximate surface area is 194 Å². The van der Waals surface area contributed by atoms with Gasteiger partial charge in [-0.25, -0.2) is 14.8 Å². The van der Waals surface area contributed by atoms with Gasteiger partial charge < -0.3 is 15.2 Å². The number of anilines is 1. The molecule has 170 valence electrons. The molecule has 0 spiro atoms. The molecule has 11 heteroatoms. The van der Waals surface area contributed by atoms with Crippen LogP contribution in [0, 0.1) is 0 Å². The molecule has 2 aromatic heterocycles. The summed E-state index contributed by atoms with van der Waals surface area (Å²) in [6.07, 6.45) is -3.46. The summed E-state index contributed by atoms with van der Waals surface area (Å²) < 4.78 is 46.6. The van der Waals surface area contributed by atoms with Gasteiger partial charge in [0.15, 0.2) is 5.82 Å². The summed E-state index contributed by atoms with van der Waals surface area (Å²) in [7, 11) is 1.47. The molecule has 0 aliphatic carbocycles. The lowest BCUT2D eigenvalue weighted by molar-refractivity contribution is -0.138. The fourth-order valence-corrected chi connectivity index (χ4v) is 4.30. The molecule has 0 saturated carbocycles. The third-order valence-corrected chi connectivity index (χ3v) is 5.94. The van der Waals surface area contributed by atoms with Crippen LogP contribution in [0.3, 0.4) is 0 Å². The van der Waals surface area contributed by atoms with Crippen molar-refractivity contribution < 1.29 is 27.8 Å². The van der Waals surface area contributed by atoms with Crippen molar-refractivity contribution in [3.05, 3.63) is 69.7 Å². The third kappa shape index (κ3) is 4.71. The number of nitrogens with zero attached hydrogens (tertiary/aromatic N) is 2. The lowest BCUT2D eigenvalue weighted by Gasteiger charge is -2.17. The van der Waals surface area contributed by atoms with Crippen molar-refractivity contribution in [3.63, 3.8) is 0 Å². The summed E-state index contributed by atoms with van der Waals surface area (Å²) in [5.41, 5.74) is -1.68. The number of carbonyl (C=O) groups is 1. The maximum Gasteiger partial charge on any atom is 0.417 e. The van der Waals surface area contributed by atoms with E-state index in [4.69, 9.17) is 16.3 Å². The molecule has 0 fully saturated rings. The average molecular weight is 494 g/mol. The summed E-state index contributed by atoms with van der Waals surface area (Å²) in [5, 5.41) is 15.4. The van der Waals surface area contributed by atoms with Crippen LogP contribution in [0.5, 0.6) is 5.75 Å². The van der Waals surface area contributed by atoms with E-state index in [-0.39, 0.29) is 23.6 Å². The van der Waals surface area contributed by atoms with Gasteiger partial charge in [-0.3, -0.25) is 0 Å². The average Bonchev–Trinajstić information content (AvgIpc) is 3.24. The Morgan fingerprint density at radius 1 is 1.24 bits per heavy atom. The summed E-state index contributed by atoms with van der Waals surface area (Å²) >= 11 is 7.39. The van der Waals surface area contributed by atoms with E-state index in [0.29, 0.717) is 26.6 Å². The van der Waals surface area contributed by atoms with Crippen molar-refractivity contribution >= 4 is 44.8 Å². The third-order valence-electron chi connectivity index (χ3n) is 4.82. The molecule has 0 aliphatic heterocycles. The number of aromatic carboxylic acids is 1. The largest absolute Gasteiger partial charge is 0.495 e. The Morgan fingerprint density at radius 3 is 2.70 bits per heavy atom. The standard InChI is InChI=1S/C22H15ClF3N3O3S/c1-32-17-3-2-11(6-16(17)23)9-27-13-7-14(18(21(30)31)15(8-13)22(24,25)26)19-28-10-12-4-5-33-20(12)29-19/h2-8,10,27H,9H2,1H3,(H,30,31). The van der Waals surface area contributed by atoms with Gasteiger partial charge >= 0.3 is 12.1 Å².